The lowest BCUT2D eigenvalue weighted by atomic mass is 10.1. The summed E-state index contributed by atoms with van der Waals surface area (Å²) in [5.41, 5.74) is 1.47. The van der Waals surface area contributed by atoms with Gasteiger partial charge in [-0.25, -0.2) is 0 Å². The van der Waals surface area contributed by atoms with Crippen molar-refractivity contribution in [3.63, 3.8) is 0 Å². The largest absolute Gasteiger partial charge is 0.435 e. The minimum absolute atomic E-state index is 0.115. The predicted molar refractivity (Wildman–Crippen MR) is 56.3 cm³/mol. The third kappa shape index (κ3) is 2.53. The quantitative estimate of drug-likeness (QED) is 0.792. The molecule has 1 aromatic heterocycles. The molecule has 0 atom stereocenters. The van der Waals surface area contributed by atoms with Gasteiger partial charge in [0.15, 0.2) is 0 Å². The first-order chi connectivity index (χ1) is 7.75. The van der Waals surface area contributed by atoms with Crippen molar-refractivity contribution in [2.45, 2.75) is 6.61 Å². The summed E-state index contributed by atoms with van der Waals surface area (Å²) in [5.74, 6) is 0.115. The van der Waals surface area contributed by atoms with E-state index in [-0.39, 0.29) is 5.75 Å². The molecule has 0 amide bonds. The Morgan fingerprint density at radius 2 is 1.81 bits per heavy atom. The molecule has 0 aliphatic heterocycles. The fraction of sp³-hybridized carbons (Fsp3) is 0.0833. The van der Waals surface area contributed by atoms with Crippen molar-refractivity contribution >= 4 is 0 Å². The Hall–Kier alpha value is -1.97. The Labute approximate surface area is 91.5 Å². The Morgan fingerprint density at radius 3 is 2.50 bits per heavy atom. The van der Waals surface area contributed by atoms with Crippen molar-refractivity contribution in [1.82, 2.24) is 4.98 Å². The average molecular weight is 221 g/mol. The van der Waals surface area contributed by atoms with E-state index in [1.807, 2.05) is 30.3 Å². The van der Waals surface area contributed by atoms with Crippen LogP contribution in [0.4, 0.5) is 8.78 Å². The molecule has 0 radical (unpaired) electrons. The highest BCUT2D eigenvalue weighted by Crippen LogP contribution is 2.21. The first-order valence-electron chi connectivity index (χ1n) is 4.72. The van der Waals surface area contributed by atoms with Gasteiger partial charge >= 0.3 is 6.61 Å². The van der Waals surface area contributed by atoms with E-state index >= 15 is 0 Å². The van der Waals surface area contributed by atoms with Crippen LogP contribution in [0.2, 0.25) is 0 Å². The Morgan fingerprint density at radius 1 is 1.06 bits per heavy atom. The lowest BCUT2D eigenvalue weighted by molar-refractivity contribution is -0.0498. The number of rotatable bonds is 3. The minimum atomic E-state index is -2.81. The van der Waals surface area contributed by atoms with E-state index in [1.165, 1.54) is 18.3 Å². The zero-order chi connectivity index (χ0) is 11.4. The van der Waals surface area contributed by atoms with Crippen LogP contribution in [0, 0.1) is 0 Å². The fourth-order valence-electron chi connectivity index (χ4n) is 1.35. The fourth-order valence-corrected chi connectivity index (χ4v) is 1.35. The zero-order valence-electron chi connectivity index (χ0n) is 8.31. The van der Waals surface area contributed by atoms with Gasteiger partial charge in [0.25, 0.3) is 0 Å². The third-order valence-electron chi connectivity index (χ3n) is 2.03. The molecule has 0 bridgehead atoms. The summed E-state index contributed by atoms with van der Waals surface area (Å²) in [6.07, 6.45) is 1.44. The van der Waals surface area contributed by atoms with Crippen LogP contribution in [0.1, 0.15) is 0 Å². The van der Waals surface area contributed by atoms with E-state index in [1.54, 1.807) is 0 Å². The van der Waals surface area contributed by atoms with Gasteiger partial charge in [0.1, 0.15) is 5.75 Å². The monoisotopic (exact) mass is 221 g/mol. The van der Waals surface area contributed by atoms with Gasteiger partial charge < -0.3 is 4.74 Å². The van der Waals surface area contributed by atoms with Crippen molar-refractivity contribution in [3.05, 3.63) is 48.7 Å². The maximum absolute atomic E-state index is 12.0. The van der Waals surface area contributed by atoms with Gasteiger partial charge in [-0.1, -0.05) is 30.3 Å². The molecule has 2 aromatic rings. The molecule has 0 saturated heterocycles. The number of alkyl halides is 2. The molecular formula is C12H9F2NO. The highest BCUT2D eigenvalue weighted by Gasteiger charge is 2.05. The van der Waals surface area contributed by atoms with Crippen LogP contribution in [0.15, 0.2) is 48.7 Å². The van der Waals surface area contributed by atoms with E-state index < -0.39 is 6.61 Å². The molecule has 1 aromatic carbocycles. The predicted octanol–water partition coefficient (Wildman–Crippen LogP) is 3.35. The van der Waals surface area contributed by atoms with Gasteiger partial charge in [-0.2, -0.15) is 8.78 Å². The summed E-state index contributed by atoms with van der Waals surface area (Å²) in [6, 6.07) is 12.2. The number of hydrogen-bond donors (Lipinski definition) is 0. The minimum Gasteiger partial charge on any atom is -0.435 e. The molecule has 0 aliphatic rings. The van der Waals surface area contributed by atoms with Crippen molar-refractivity contribution in [2.75, 3.05) is 0 Å². The first-order valence-corrected chi connectivity index (χ1v) is 4.72. The molecule has 4 heteroatoms. The SMILES string of the molecule is FC(F)Oc1ccnc(-c2ccccc2)c1. The lowest BCUT2D eigenvalue weighted by Gasteiger charge is -2.05. The van der Waals surface area contributed by atoms with E-state index in [9.17, 15) is 8.78 Å². The molecule has 0 aliphatic carbocycles. The van der Waals surface area contributed by atoms with Crippen LogP contribution in [-0.2, 0) is 0 Å². The van der Waals surface area contributed by atoms with Crippen LogP contribution >= 0.6 is 0 Å². The lowest BCUT2D eigenvalue weighted by Crippen LogP contribution is -2.02. The number of ether oxygens (including phenoxy) is 1. The molecule has 0 spiro atoms. The van der Waals surface area contributed by atoms with Crippen molar-refractivity contribution in [1.29, 1.82) is 0 Å². The van der Waals surface area contributed by atoms with Crippen LogP contribution in [-0.4, -0.2) is 11.6 Å². The molecular weight excluding hydrogens is 212 g/mol. The number of hydrogen-bond acceptors (Lipinski definition) is 2. The first kappa shape index (κ1) is 10.5. The number of pyridine rings is 1. The summed E-state index contributed by atoms with van der Waals surface area (Å²) in [6.45, 7) is -2.81. The summed E-state index contributed by atoms with van der Waals surface area (Å²) in [7, 11) is 0. The van der Waals surface area contributed by atoms with Crippen molar-refractivity contribution in [3.8, 4) is 17.0 Å². The molecule has 82 valence electrons. The highest BCUT2D eigenvalue weighted by molar-refractivity contribution is 5.60. The van der Waals surface area contributed by atoms with Gasteiger partial charge in [0.05, 0.1) is 5.69 Å². The van der Waals surface area contributed by atoms with Crippen LogP contribution in [0.5, 0.6) is 5.75 Å². The Balaban J connectivity index is 2.29. The van der Waals surface area contributed by atoms with E-state index in [4.69, 9.17) is 0 Å². The van der Waals surface area contributed by atoms with Gasteiger partial charge in [0, 0.05) is 17.8 Å². The number of benzene rings is 1. The molecule has 0 N–H and O–H groups in total. The summed E-state index contributed by atoms with van der Waals surface area (Å²) >= 11 is 0. The normalized spacial score (nSPS) is 10.4. The average Bonchev–Trinajstić information content (AvgIpc) is 2.30. The van der Waals surface area contributed by atoms with Crippen LogP contribution in [0.3, 0.4) is 0 Å². The maximum Gasteiger partial charge on any atom is 0.387 e. The summed E-state index contributed by atoms with van der Waals surface area (Å²) < 4.78 is 28.3. The number of halogens is 2. The van der Waals surface area contributed by atoms with Gasteiger partial charge in [-0.3, -0.25) is 4.98 Å². The summed E-state index contributed by atoms with van der Waals surface area (Å²) in [5, 5.41) is 0. The second-order valence-corrected chi connectivity index (χ2v) is 3.12. The molecule has 0 saturated carbocycles. The Kier molecular flexibility index (Phi) is 3.10. The zero-order valence-corrected chi connectivity index (χ0v) is 8.31. The van der Waals surface area contributed by atoms with Crippen LogP contribution < -0.4 is 4.74 Å². The molecule has 1 heterocycles. The van der Waals surface area contributed by atoms with Gasteiger partial charge in [-0.05, 0) is 6.07 Å². The van der Waals surface area contributed by atoms with Gasteiger partial charge in [-0.15, -0.1) is 0 Å². The van der Waals surface area contributed by atoms with Crippen LogP contribution in [0.25, 0.3) is 11.3 Å². The number of nitrogens with zero attached hydrogens (tertiary/aromatic N) is 1. The molecule has 0 fully saturated rings. The molecule has 0 unspecified atom stereocenters. The second kappa shape index (κ2) is 4.70. The second-order valence-electron chi connectivity index (χ2n) is 3.12. The van der Waals surface area contributed by atoms with E-state index in [2.05, 4.69) is 9.72 Å². The van der Waals surface area contributed by atoms with Crippen molar-refractivity contribution in [2.24, 2.45) is 0 Å². The van der Waals surface area contributed by atoms with Gasteiger partial charge in [0.2, 0.25) is 0 Å². The molecule has 2 nitrogen and oxygen atoms in total. The molecule has 16 heavy (non-hydrogen) atoms. The third-order valence-corrected chi connectivity index (χ3v) is 2.03. The number of aromatic nitrogens is 1. The Bertz CT molecular complexity index is 460. The molecule has 2 rings (SSSR count). The highest BCUT2D eigenvalue weighted by atomic mass is 19.3. The smallest absolute Gasteiger partial charge is 0.387 e. The van der Waals surface area contributed by atoms with Crippen molar-refractivity contribution < 1.29 is 13.5 Å². The summed E-state index contributed by atoms with van der Waals surface area (Å²) in [4.78, 5) is 4.09. The van der Waals surface area contributed by atoms with E-state index in [0.29, 0.717) is 5.69 Å². The van der Waals surface area contributed by atoms with E-state index in [0.717, 1.165) is 5.56 Å². The standard InChI is InChI=1S/C12H9F2NO/c13-12(14)16-10-6-7-15-11(8-10)9-4-2-1-3-5-9/h1-8,12H. The topological polar surface area (TPSA) is 22.1 Å². The maximum atomic E-state index is 12.0.